The van der Waals surface area contributed by atoms with Gasteiger partial charge in [-0.2, -0.15) is 0 Å². The number of carbonyl (C=O) groups is 2. The van der Waals surface area contributed by atoms with E-state index in [9.17, 15) is 9.59 Å². The predicted molar refractivity (Wildman–Crippen MR) is 72.0 cm³/mol. The Kier molecular flexibility index (Phi) is 4.13. The summed E-state index contributed by atoms with van der Waals surface area (Å²) in [5.41, 5.74) is -0.441. The molecule has 2 aliphatic rings. The molecule has 2 aliphatic heterocycles. The normalized spacial score (nSPS) is 28.7. The highest BCUT2D eigenvalue weighted by Gasteiger charge is 2.35. The molecular formula is C14H24N2O3. The summed E-state index contributed by atoms with van der Waals surface area (Å²) < 4.78 is 5.41. The molecule has 0 aromatic carbocycles. The van der Waals surface area contributed by atoms with Crippen LogP contribution in [0.5, 0.6) is 0 Å². The van der Waals surface area contributed by atoms with Crippen molar-refractivity contribution in [3.05, 3.63) is 0 Å². The van der Waals surface area contributed by atoms with E-state index in [0.717, 1.165) is 38.8 Å². The van der Waals surface area contributed by atoms with Gasteiger partial charge in [-0.15, -0.1) is 0 Å². The van der Waals surface area contributed by atoms with Crippen molar-refractivity contribution in [1.82, 2.24) is 9.80 Å². The first-order chi connectivity index (χ1) is 8.89. The van der Waals surface area contributed by atoms with E-state index >= 15 is 0 Å². The molecule has 0 unspecified atom stereocenters. The van der Waals surface area contributed by atoms with Gasteiger partial charge in [0, 0.05) is 38.1 Å². The summed E-state index contributed by atoms with van der Waals surface area (Å²) in [6, 6.07) is 0.387. The third kappa shape index (κ3) is 3.69. The maximum Gasteiger partial charge on any atom is 0.410 e. The lowest BCUT2D eigenvalue weighted by atomic mass is 9.92. The average molecular weight is 268 g/mol. The first-order valence-corrected chi connectivity index (χ1v) is 7.06. The van der Waals surface area contributed by atoms with Crippen LogP contribution in [0.2, 0.25) is 0 Å². The van der Waals surface area contributed by atoms with Crippen LogP contribution in [0.3, 0.4) is 0 Å². The Bertz CT molecular complexity index is 351. The van der Waals surface area contributed by atoms with Gasteiger partial charge in [-0.3, -0.25) is 4.90 Å². The molecule has 0 aliphatic carbocycles. The van der Waals surface area contributed by atoms with Crippen LogP contribution in [0.25, 0.3) is 0 Å². The van der Waals surface area contributed by atoms with Gasteiger partial charge in [0.15, 0.2) is 0 Å². The van der Waals surface area contributed by atoms with E-state index in [2.05, 4.69) is 4.90 Å². The lowest BCUT2D eigenvalue weighted by molar-refractivity contribution is -0.113. The molecule has 0 bridgehead atoms. The van der Waals surface area contributed by atoms with Crippen molar-refractivity contribution in [3.8, 4) is 0 Å². The Labute approximate surface area is 114 Å². The van der Waals surface area contributed by atoms with Crippen molar-refractivity contribution in [1.29, 1.82) is 0 Å². The molecule has 0 aromatic heterocycles. The molecular weight excluding hydrogens is 244 g/mol. The monoisotopic (exact) mass is 268 g/mol. The molecule has 2 atom stereocenters. The maximum atomic E-state index is 12.0. The number of ether oxygens (including phenoxy) is 1. The molecule has 2 heterocycles. The smallest absolute Gasteiger partial charge is 0.410 e. The first kappa shape index (κ1) is 14.3. The van der Waals surface area contributed by atoms with Gasteiger partial charge < -0.3 is 14.4 Å². The third-order valence-corrected chi connectivity index (χ3v) is 3.79. The van der Waals surface area contributed by atoms with Gasteiger partial charge in [-0.1, -0.05) is 0 Å². The summed E-state index contributed by atoms with van der Waals surface area (Å²) in [5.74, 6) is 0.171. The number of nitrogens with zero attached hydrogens (tertiary/aromatic N) is 2. The van der Waals surface area contributed by atoms with Crippen molar-refractivity contribution < 1.29 is 14.3 Å². The third-order valence-electron chi connectivity index (χ3n) is 3.79. The number of amides is 1. The quantitative estimate of drug-likeness (QED) is 0.677. The summed E-state index contributed by atoms with van der Waals surface area (Å²) in [4.78, 5) is 27.0. The van der Waals surface area contributed by atoms with Crippen molar-refractivity contribution >= 4 is 12.4 Å². The minimum atomic E-state index is -0.441. The van der Waals surface area contributed by atoms with Gasteiger partial charge in [0.25, 0.3) is 0 Å². The van der Waals surface area contributed by atoms with Crippen LogP contribution in [0, 0.1) is 5.92 Å². The summed E-state index contributed by atoms with van der Waals surface area (Å²) in [6.45, 7) is 8.76. The molecule has 2 saturated heterocycles. The molecule has 19 heavy (non-hydrogen) atoms. The molecule has 0 radical (unpaired) electrons. The van der Waals surface area contributed by atoms with Gasteiger partial charge >= 0.3 is 6.09 Å². The lowest BCUT2D eigenvalue weighted by Crippen LogP contribution is -2.58. The Morgan fingerprint density at radius 1 is 1.21 bits per heavy atom. The highest BCUT2D eigenvalue weighted by atomic mass is 16.6. The van der Waals surface area contributed by atoms with Crippen molar-refractivity contribution in [2.45, 2.75) is 45.3 Å². The van der Waals surface area contributed by atoms with E-state index in [1.807, 2.05) is 20.8 Å². The molecule has 1 amide bonds. The van der Waals surface area contributed by atoms with E-state index < -0.39 is 5.60 Å². The zero-order valence-electron chi connectivity index (χ0n) is 12.1. The van der Waals surface area contributed by atoms with Gasteiger partial charge in [0.2, 0.25) is 0 Å². The fourth-order valence-corrected chi connectivity index (χ4v) is 2.81. The summed E-state index contributed by atoms with van der Waals surface area (Å²) >= 11 is 0. The minimum absolute atomic E-state index is 0.171. The molecule has 0 aromatic rings. The largest absolute Gasteiger partial charge is 0.444 e. The number of hydrogen-bond donors (Lipinski definition) is 0. The zero-order valence-corrected chi connectivity index (χ0v) is 12.1. The number of fused-ring (bicyclic) bond motifs is 1. The van der Waals surface area contributed by atoms with E-state index in [4.69, 9.17) is 4.74 Å². The van der Waals surface area contributed by atoms with Crippen LogP contribution >= 0.6 is 0 Å². The molecule has 108 valence electrons. The fourth-order valence-electron chi connectivity index (χ4n) is 2.81. The van der Waals surface area contributed by atoms with Gasteiger partial charge in [-0.05, 0) is 33.6 Å². The minimum Gasteiger partial charge on any atom is -0.444 e. The van der Waals surface area contributed by atoms with E-state index in [1.54, 1.807) is 4.90 Å². The van der Waals surface area contributed by atoms with Crippen LogP contribution in [0.4, 0.5) is 4.79 Å². The van der Waals surface area contributed by atoms with Crippen LogP contribution < -0.4 is 0 Å². The predicted octanol–water partition coefficient (Wildman–Crippen LogP) is 1.52. The Hall–Kier alpha value is -1.10. The van der Waals surface area contributed by atoms with Crippen LogP contribution in [0.1, 0.15) is 33.6 Å². The highest BCUT2D eigenvalue weighted by molar-refractivity contribution is 5.68. The molecule has 0 saturated carbocycles. The number of piperazine rings is 1. The second kappa shape index (κ2) is 5.49. The summed E-state index contributed by atoms with van der Waals surface area (Å²) in [6.07, 6.45) is 2.77. The first-order valence-electron chi connectivity index (χ1n) is 7.06. The summed E-state index contributed by atoms with van der Waals surface area (Å²) in [5, 5.41) is 0. The average Bonchev–Trinajstić information content (AvgIpc) is 2.35. The molecule has 5 heteroatoms. The molecule has 5 nitrogen and oxygen atoms in total. The van der Waals surface area contributed by atoms with Crippen molar-refractivity contribution in [3.63, 3.8) is 0 Å². The second-order valence-electron chi connectivity index (χ2n) is 6.55. The van der Waals surface area contributed by atoms with Crippen LogP contribution in [-0.4, -0.2) is 60.0 Å². The topological polar surface area (TPSA) is 49.9 Å². The Morgan fingerprint density at radius 2 is 1.95 bits per heavy atom. The Balaban J connectivity index is 1.89. The summed E-state index contributed by atoms with van der Waals surface area (Å²) in [7, 11) is 0. The number of hydrogen-bond acceptors (Lipinski definition) is 4. The molecule has 2 fully saturated rings. The Morgan fingerprint density at radius 3 is 2.58 bits per heavy atom. The molecule has 2 rings (SSSR count). The highest BCUT2D eigenvalue weighted by Crippen LogP contribution is 2.24. The zero-order chi connectivity index (χ0) is 14.0. The van der Waals surface area contributed by atoms with Gasteiger partial charge in [0.1, 0.15) is 11.9 Å². The molecule has 0 spiro atoms. The standard InChI is InChI=1S/C14H24N2O3/c1-14(2,3)19-13(18)16-7-6-15-8-11(10-17)4-5-12(15)9-16/h10-12H,4-9H2,1-3H3/t11-,12-/m0/s1. The van der Waals surface area contributed by atoms with Gasteiger partial charge in [0.05, 0.1) is 0 Å². The lowest BCUT2D eigenvalue weighted by Gasteiger charge is -2.45. The van der Waals surface area contributed by atoms with E-state index in [0.29, 0.717) is 12.6 Å². The van der Waals surface area contributed by atoms with E-state index in [-0.39, 0.29) is 12.0 Å². The number of aldehydes is 1. The van der Waals surface area contributed by atoms with Gasteiger partial charge in [-0.25, -0.2) is 4.79 Å². The second-order valence-corrected chi connectivity index (χ2v) is 6.55. The number of carbonyl (C=O) groups excluding carboxylic acids is 2. The number of rotatable bonds is 1. The van der Waals surface area contributed by atoms with Crippen LogP contribution in [0.15, 0.2) is 0 Å². The number of piperidine rings is 1. The van der Waals surface area contributed by atoms with E-state index in [1.165, 1.54) is 0 Å². The maximum absolute atomic E-state index is 12.0. The SMILES string of the molecule is CC(C)(C)OC(=O)N1CCN2C[C@@H](C=O)CC[C@H]2C1. The fraction of sp³-hybridized carbons (Fsp3) is 0.857. The van der Waals surface area contributed by atoms with Crippen molar-refractivity contribution in [2.24, 2.45) is 5.92 Å². The van der Waals surface area contributed by atoms with Crippen molar-refractivity contribution in [2.75, 3.05) is 26.2 Å². The van der Waals surface area contributed by atoms with Crippen LogP contribution in [-0.2, 0) is 9.53 Å². The molecule has 0 N–H and O–H groups in total.